The number of nitro groups is 1. The average Bonchev–Trinajstić information content (AvgIpc) is 3.16. The minimum atomic E-state index is -0.461. The van der Waals surface area contributed by atoms with Crippen molar-refractivity contribution in [1.82, 2.24) is 4.98 Å². The summed E-state index contributed by atoms with van der Waals surface area (Å²) in [5, 5.41) is 11.6. The summed E-state index contributed by atoms with van der Waals surface area (Å²) >= 11 is 1.33. The van der Waals surface area contributed by atoms with Crippen molar-refractivity contribution in [3.05, 3.63) is 93.0 Å². The first kappa shape index (κ1) is 16.5. The number of ketones is 2. The molecule has 1 heterocycles. The van der Waals surface area contributed by atoms with Crippen LogP contribution in [0.15, 0.2) is 60.7 Å². The molecular weight excluding hydrogens is 376 g/mol. The van der Waals surface area contributed by atoms with Crippen LogP contribution in [0.25, 0.3) is 20.8 Å². The van der Waals surface area contributed by atoms with Crippen molar-refractivity contribution in [2.45, 2.75) is 0 Å². The van der Waals surface area contributed by atoms with Crippen molar-refractivity contribution in [2.75, 3.05) is 0 Å². The van der Waals surface area contributed by atoms with Crippen molar-refractivity contribution in [3.8, 4) is 10.6 Å². The van der Waals surface area contributed by atoms with Crippen molar-refractivity contribution in [3.63, 3.8) is 0 Å². The number of non-ortho nitro benzene ring substituents is 1. The predicted octanol–water partition coefficient (Wildman–Crippen LogP) is 4.65. The van der Waals surface area contributed by atoms with Gasteiger partial charge in [0.2, 0.25) is 0 Å². The van der Waals surface area contributed by atoms with Crippen LogP contribution in [0.4, 0.5) is 5.69 Å². The SMILES string of the molecule is O=C1c2ccccc2C(=O)c2c1ccc1sc(-c3cccc([N+](=O)[O-])c3)nc21. The van der Waals surface area contributed by atoms with E-state index in [1.54, 1.807) is 48.5 Å². The summed E-state index contributed by atoms with van der Waals surface area (Å²) in [5.41, 5.74) is 2.43. The third-order valence-corrected chi connectivity index (χ3v) is 5.82. The molecule has 134 valence electrons. The Morgan fingerprint density at radius 2 is 1.61 bits per heavy atom. The number of hydrogen-bond donors (Lipinski definition) is 0. The molecular formula is C21H10N2O4S. The molecule has 0 fully saturated rings. The van der Waals surface area contributed by atoms with Crippen LogP contribution in [-0.2, 0) is 0 Å². The maximum Gasteiger partial charge on any atom is 0.270 e. The molecule has 0 N–H and O–H groups in total. The summed E-state index contributed by atoms with van der Waals surface area (Å²) in [6.45, 7) is 0. The van der Waals surface area contributed by atoms with Crippen LogP contribution >= 0.6 is 11.3 Å². The molecule has 5 rings (SSSR count). The van der Waals surface area contributed by atoms with Gasteiger partial charge in [0.1, 0.15) is 5.01 Å². The Hall–Kier alpha value is -3.71. The molecule has 0 radical (unpaired) electrons. The molecule has 0 saturated heterocycles. The second-order valence-corrected chi connectivity index (χ2v) is 7.40. The molecule has 0 amide bonds. The lowest BCUT2D eigenvalue weighted by Crippen LogP contribution is -2.21. The second kappa shape index (κ2) is 5.90. The largest absolute Gasteiger partial charge is 0.289 e. The molecule has 0 bridgehead atoms. The van der Waals surface area contributed by atoms with E-state index in [2.05, 4.69) is 4.98 Å². The number of nitrogens with zero attached hydrogens (tertiary/aromatic N) is 2. The Morgan fingerprint density at radius 3 is 2.36 bits per heavy atom. The lowest BCUT2D eigenvalue weighted by atomic mass is 9.83. The highest BCUT2D eigenvalue weighted by molar-refractivity contribution is 7.21. The molecule has 0 aliphatic heterocycles. The summed E-state index contributed by atoms with van der Waals surface area (Å²) in [6.07, 6.45) is 0. The number of carbonyl (C=O) groups excluding carboxylic acids is 2. The Morgan fingerprint density at radius 1 is 0.857 bits per heavy atom. The van der Waals surface area contributed by atoms with E-state index in [1.165, 1.54) is 23.5 Å². The highest BCUT2D eigenvalue weighted by Gasteiger charge is 2.32. The van der Waals surface area contributed by atoms with Gasteiger partial charge in [0, 0.05) is 34.4 Å². The molecule has 1 aromatic heterocycles. The topological polar surface area (TPSA) is 90.2 Å². The Bertz CT molecular complexity index is 1340. The van der Waals surface area contributed by atoms with Crippen molar-refractivity contribution in [2.24, 2.45) is 0 Å². The van der Waals surface area contributed by atoms with Crippen LogP contribution in [-0.4, -0.2) is 21.5 Å². The van der Waals surface area contributed by atoms with E-state index in [1.807, 2.05) is 0 Å². The first-order valence-corrected chi connectivity index (χ1v) is 9.23. The van der Waals surface area contributed by atoms with E-state index in [-0.39, 0.29) is 17.3 Å². The number of thiazole rings is 1. The van der Waals surface area contributed by atoms with Crippen LogP contribution in [0.1, 0.15) is 31.8 Å². The molecule has 1 aliphatic rings. The number of benzene rings is 3. The quantitative estimate of drug-likeness (QED) is 0.325. The number of rotatable bonds is 2. The third-order valence-electron chi connectivity index (χ3n) is 4.75. The van der Waals surface area contributed by atoms with Gasteiger partial charge in [-0.1, -0.05) is 36.4 Å². The number of carbonyl (C=O) groups is 2. The Kier molecular flexibility index (Phi) is 3.47. The fraction of sp³-hybridized carbons (Fsp3) is 0. The molecule has 3 aromatic carbocycles. The molecule has 0 spiro atoms. The van der Waals surface area contributed by atoms with Gasteiger partial charge in [-0.3, -0.25) is 19.7 Å². The summed E-state index contributed by atoms with van der Waals surface area (Å²) in [4.78, 5) is 41.1. The zero-order valence-corrected chi connectivity index (χ0v) is 15.0. The molecule has 4 aromatic rings. The van der Waals surface area contributed by atoms with Gasteiger partial charge in [-0.05, 0) is 12.1 Å². The van der Waals surface area contributed by atoms with Crippen molar-refractivity contribution < 1.29 is 14.5 Å². The van der Waals surface area contributed by atoms with E-state index < -0.39 is 4.92 Å². The summed E-state index contributed by atoms with van der Waals surface area (Å²) in [5.74, 6) is -0.427. The van der Waals surface area contributed by atoms with E-state index in [9.17, 15) is 19.7 Å². The van der Waals surface area contributed by atoms with Crippen LogP contribution < -0.4 is 0 Å². The smallest absolute Gasteiger partial charge is 0.270 e. The third kappa shape index (κ3) is 2.30. The molecule has 6 nitrogen and oxygen atoms in total. The van der Waals surface area contributed by atoms with E-state index >= 15 is 0 Å². The standard InChI is InChI=1S/C21H10N2O4S/c24-19-13-6-1-2-7-14(13)20(25)17-15(19)8-9-16-18(17)22-21(28-16)11-4-3-5-12(10-11)23(26)27/h1-10H. The van der Waals surface area contributed by atoms with Gasteiger partial charge in [-0.25, -0.2) is 4.98 Å². The zero-order chi connectivity index (χ0) is 19.4. The van der Waals surface area contributed by atoms with Gasteiger partial charge in [0.25, 0.3) is 5.69 Å². The highest BCUT2D eigenvalue weighted by atomic mass is 32.1. The Labute approximate surface area is 162 Å². The van der Waals surface area contributed by atoms with Gasteiger partial charge in [-0.15, -0.1) is 11.3 Å². The Balaban J connectivity index is 1.73. The summed E-state index contributed by atoms with van der Waals surface area (Å²) < 4.78 is 0.751. The number of hydrogen-bond acceptors (Lipinski definition) is 6. The molecule has 0 unspecified atom stereocenters. The fourth-order valence-corrected chi connectivity index (χ4v) is 4.42. The van der Waals surface area contributed by atoms with Gasteiger partial charge in [0.05, 0.1) is 20.7 Å². The van der Waals surface area contributed by atoms with Crippen LogP contribution in [0.5, 0.6) is 0 Å². The number of aromatic nitrogens is 1. The average molecular weight is 386 g/mol. The predicted molar refractivity (Wildman–Crippen MR) is 105 cm³/mol. The first-order valence-electron chi connectivity index (χ1n) is 8.41. The van der Waals surface area contributed by atoms with Crippen molar-refractivity contribution in [1.29, 1.82) is 0 Å². The van der Waals surface area contributed by atoms with Gasteiger partial charge in [-0.2, -0.15) is 0 Å². The normalized spacial score (nSPS) is 12.7. The van der Waals surface area contributed by atoms with Crippen molar-refractivity contribution >= 4 is 38.8 Å². The highest BCUT2D eigenvalue weighted by Crippen LogP contribution is 2.37. The maximum absolute atomic E-state index is 13.1. The monoisotopic (exact) mass is 386 g/mol. The van der Waals surface area contributed by atoms with Gasteiger partial charge >= 0.3 is 0 Å². The molecule has 7 heteroatoms. The molecule has 0 saturated carbocycles. The maximum atomic E-state index is 13.1. The minimum Gasteiger partial charge on any atom is -0.289 e. The lowest BCUT2D eigenvalue weighted by molar-refractivity contribution is -0.384. The number of fused-ring (bicyclic) bond motifs is 4. The number of nitro benzene ring substituents is 1. The summed E-state index contributed by atoms with van der Waals surface area (Å²) in [6, 6.07) is 16.4. The fourth-order valence-electron chi connectivity index (χ4n) is 3.45. The van der Waals surface area contributed by atoms with E-state index in [4.69, 9.17) is 0 Å². The summed E-state index contributed by atoms with van der Waals surface area (Å²) in [7, 11) is 0. The van der Waals surface area contributed by atoms with Crippen LogP contribution in [0.3, 0.4) is 0 Å². The first-order chi connectivity index (χ1) is 13.5. The van der Waals surface area contributed by atoms with E-state index in [0.717, 1.165) is 4.70 Å². The second-order valence-electron chi connectivity index (χ2n) is 6.37. The molecule has 0 atom stereocenters. The molecule has 1 aliphatic carbocycles. The minimum absolute atomic E-state index is 0.0287. The molecule has 28 heavy (non-hydrogen) atoms. The van der Waals surface area contributed by atoms with E-state index in [0.29, 0.717) is 38.3 Å². The lowest BCUT2D eigenvalue weighted by Gasteiger charge is -2.17. The van der Waals surface area contributed by atoms with Crippen LogP contribution in [0.2, 0.25) is 0 Å². The zero-order valence-electron chi connectivity index (χ0n) is 14.2. The van der Waals surface area contributed by atoms with Crippen LogP contribution in [0, 0.1) is 10.1 Å². The van der Waals surface area contributed by atoms with Gasteiger partial charge < -0.3 is 0 Å². The van der Waals surface area contributed by atoms with Gasteiger partial charge in [0.15, 0.2) is 11.6 Å².